The molecule has 2 aromatic heterocycles. The third kappa shape index (κ3) is 5.14. The van der Waals surface area contributed by atoms with Crippen LogP contribution < -0.4 is 4.72 Å². The van der Waals surface area contributed by atoms with Crippen molar-refractivity contribution < 1.29 is 17.9 Å². The first-order chi connectivity index (χ1) is 14.5. The van der Waals surface area contributed by atoms with Crippen molar-refractivity contribution in [2.75, 3.05) is 20.2 Å². The lowest BCUT2D eigenvalue weighted by atomic mass is 10.0. The SMILES string of the molecule is COC(=O)c1c(S(=O)(=O)NCCC(C)C)sc2c1CCN(Cc1c(C)nn(C)c1Cl)C2. The molecule has 0 saturated carbocycles. The second kappa shape index (κ2) is 9.58. The lowest BCUT2D eigenvalue weighted by Crippen LogP contribution is -2.30. The van der Waals surface area contributed by atoms with Crippen molar-refractivity contribution in [2.45, 2.75) is 50.9 Å². The quantitative estimate of drug-likeness (QED) is 0.574. The number of rotatable bonds is 8. The van der Waals surface area contributed by atoms with E-state index >= 15 is 0 Å². The fourth-order valence-corrected chi connectivity index (χ4v) is 6.94. The van der Waals surface area contributed by atoms with Crippen LogP contribution in [0.5, 0.6) is 0 Å². The van der Waals surface area contributed by atoms with Gasteiger partial charge in [0.15, 0.2) is 0 Å². The summed E-state index contributed by atoms with van der Waals surface area (Å²) in [5.41, 5.74) is 2.78. The maximum absolute atomic E-state index is 13.0. The minimum atomic E-state index is -3.81. The van der Waals surface area contributed by atoms with E-state index in [-0.39, 0.29) is 9.77 Å². The van der Waals surface area contributed by atoms with Gasteiger partial charge in [0.05, 0.1) is 18.4 Å². The lowest BCUT2D eigenvalue weighted by molar-refractivity contribution is 0.0595. The standard InChI is InChI=1S/C20H29ClN4O4S2/c1-12(2)6-8-22-31(27,28)20-17(19(26)29-5)14-7-9-25(11-16(14)30-20)10-15-13(3)23-24(4)18(15)21/h12,22H,6-11H2,1-5H3. The smallest absolute Gasteiger partial charge is 0.340 e. The highest BCUT2D eigenvalue weighted by atomic mass is 35.5. The molecule has 172 valence electrons. The van der Waals surface area contributed by atoms with E-state index in [4.69, 9.17) is 16.3 Å². The van der Waals surface area contributed by atoms with Gasteiger partial charge in [-0.05, 0) is 31.2 Å². The van der Waals surface area contributed by atoms with Gasteiger partial charge in [-0.2, -0.15) is 5.10 Å². The van der Waals surface area contributed by atoms with Crippen molar-refractivity contribution in [2.24, 2.45) is 13.0 Å². The van der Waals surface area contributed by atoms with Crippen LogP contribution in [0.2, 0.25) is 5.15 Å². The number of halogens is 1. The molecule has 8 nitrogen and oxygen atoms in total. The number of fused-ring (bicyclic) bond motifs is 1. The Hall–Kier alpha value is -1.46. The monoisotopic (exact) mass is 488 g/mol. The van der Waals surface area contributed by atoms with Crippen LogP contribution in [0.15, 0.2) is 4.21 Å². The van der Waals surface area contributed by atoms with E-state index in [0.29, 0.717) is 43.7 Å². The van der Waals surface area contributed by atoms with Crippen molar-refractivity contribution in [1.82, 2.24) is 19.4 Å². The highest BCUT2D eigenvalue weighted by Crippen LogP contribution is 2.37. The van der Waals surface area contributed by atoms with Gasteiger partial charge in [-0.1, -0.05) is 25.4 Å². The van der Waals surface area contributed by atoms with Crippen molar-refractivity contribution in [1.29, 1.82) is 0 Å². The number of hydrogen-bond donors (Lipinski definition) is 1. The number of esters is 1. The average Bonchev–Trinajstić information content (AvgIpc) is 3.20. The second-order valence-electron chi connectivity index (χ2n) is 8.18. The Labute approximate surface area is 192 Å². The van der Waals surface area contributed by atoms with E-state index in [9.17, 15) is 13.2 Å². The van der Waals surface area contributed by atoms with Gasteiger partial charge in [-0.3, -0.25) is 9.58 Å². The van der Waals surface area contributed by atoms with Gasteiger partial charge in [0.25, 0.3) is 10.0 Å². The molecule has 0 unspecified atom stereocenters. The third-order valence-corrected chi connectivity index (χ3v) is 9.07. The third-order valence-electron chi connectivity index (χ3n) is 5.40. The van der Waals surface area contributed by atoms with E-state index in [2.05, 4.69) is 14.7 Å². The molecule has 0 aromatic carbocycles. The number of thiophene rings is 1. The molecule has 0 saturated heterocycles. The number of carbonyl (C=O) groups is 1. The summed E-state index contributed by atoms with van der Waals surface area (Å²) in [6, 6.07) is 0. The van der Waals surface area contributed by atoms with E-state index in [1.165, 1.54) is 7.11 Å². The van der Waals surface area contributed by atoms with Gasteiger partial charge in [0.2, 0.25) is 0 Å². The van der Waals surface area contributed by atoms with Crippen molar-refractivity contribution >= 4 is 38.9 Å². The fourth-order valence-electron chi connectivity index (χ4n) is 3.69. The van der Waals surface area contributed by atoms with Gasteiger partial charge in [0.1, 0.15) is 9.36 Å². The minimum absolute atomic E-state index is 0.0468. The van der Waals surface area contributed by atoms with E-state index in [0.717, 1.165) is 39.5 Å². The molecule has 3 rings (SSSR count). The summed E-state index contributed by atoms with van der Waals surface area (Å²) >= 11 is 7.53. The van der Waals surface area contributed by atoms with Gasteiger partial charge in [0, 0.05) is 43.7 Å². The average molecular weight is 489 g/mol. The molecular weight excluding hydrogens is 460 g/mol. The van der Waals surface area contributed by atoms with Crippen LogP contribution >= 0.6 is 22.9 Å². The predicted octanol–water partition coefficient (Wildman–Crippen LogP) is 3.11. The van der Waals surface area contributed by atoms with Crippen LogP contribution in [-0.4, -0.2) is 49.3 Å². The largest absolute Gasteiger partial charge is 0.465 e. The zero-order chi connectivity index (χ0) is 22.9. The number of ether oxygens (including phenoxy) is 1. The maximum atomic E-state index is 13.0. The number of aromatic nitrogens is 2. The molecule has 1 aliphatic rings. The van der Waals surface area contributed by atoms with E-state index in [1.807, 2.05) is 20.8 Å². The summed E-state index contributed by atoms with van der Waals surface area (Å²) in [4.78, 5) is 15.6. The number of carbonyl (C=O) groups excluding carboxylic acids is 1. The number of methoxy groups -OCH3 is 1. The van der Waals surface area contributed by atoms with Gasteiger partial charge in [-0.15, -0.1) is 11.3 Å². The molecule has 11 heteroatoms. The number of hydrogen-bond acceptors (Lipinski definition) is 7. The molecule has 2 aromatic rings. The number of nitrogens with zero attached hydrogens (tertiary/aromatic N) is 3. The molecule has 0 bridgehead atoms. The summed E-state index contributed by atoms with van der Waals surface area (Å²) in [6.45, 7) is 8.14. The maximum Gasteiger partial charge on any atom is 0.340 e. The zero-order valence-corrected chi connectivity index (χ0v) is 20.9. The summed E-state index contributed by atoms with van der Waals surface area (Å²) in [5, 5.41) is 4.96. The van der Waals surface area contributed by atoms with Crippen LogP contribution in [0.4, 0.5) is 0 Å². The van der Waals surface area contributed by atoms with Crippen molar-refractivity contribution in [3.8, 4) is 0 Å². The predicted molar refractivity (Wildman–Crippen MR) is 121 cm³/mol. The first-order valence-electron chi connectivity index (χ1n) is 10.2. The number of aryl methyl sites for hydroxylation is 2. The summed E-state index contributed by atoms with van der Waals surface area (Å²) in [5.74, 6) is -0.239. The van der Waals surface area contributed by atoms with Gasteiger partial charge >= 0.3 is 5.97 Å². The molecule has 0 fully saturated rings. The van der Waals surface area contributed by atoms with Gasteiger partial charge in [-0.25, -0.2) is 17.9 Å². The molecule has 1 aliphatic heterocycles. The summed E-state index contributed by atoms with van der Waals surface area (Å²) in [6.07, 6.45) is 1.28. The Kier molecular flexibility index (Phi) is 7.47. The fraction of sp³-hybridized carbons (Fsp3) is 0.600. The molecule has 0 radical (unpaired) electrons. The topological polar surface area (TPSA) is 93.5 Å². The molecule has 0 aliphatic carbocycles. The van der Waals surface area contributed by atoms with Crippen LogP contribution in [0.3, 0.4) is 0 Å². The minimum Gasteiger partial charge on any atom is -0.465 e. The molecular formula is C20H29ClN4O4S2. The molecule has 3 heterocycles. The molecule has 0 spiro atoms. The van der Waals surface area contributed by atoms with Crippen molar-refractivity contribution in [3.63, 3.8) is 0 Å². The number of nitrogens with one attached hydrogen (secondary N) is 1. The summed E-state index contributed by atoms with van der Waals surface area (Å²) in [7, 11) is -0.728. The van der Waals surface area contributed by atoms with Crippen LogP contribution in [0.25, 0.3) is 0 Å². The highest BCUT2D eigenvalue weighted by molar-refractivity contribution is 7.91. The molecule has 31 heavy (non-hydrogen) atoms. The Bertz CT molecular complexity index is 1080. The Balaban J connectivity index is 1.89. The normalized spacial score (nSPS) is 14.8. The molecule has 0 atom stereocenters. The molecule has 0 amide bonds. The van der Waals surface area contributed by atoms with E-state index < -0.39 is 16.0 Å². The Morgan fingerprint density at radius 2 is 2.10 bits per heavy atom. The summed E-state index contributed by atoms with van der Waals surface area (Å²) < 4.78 is 35.2. The first-order valence-corrected chi connectivity index (χ1v) is 12.9. The van der Waals surface area contributed by atoms with Crippen molar-refractivity contribution in [3.05, 3.63) is 32.4 Å². The van der Waals surface area contributed by atoms with Crippen LogP contribution in [0.1, 0.15) is 52.3 Å². The first kappa shape index (κ1) is 24.2. The lowest BCUT2D eigenvalue weighted by Gasteiger charge is -2.27. The zero-order valence-electron chi connectivity index (χ0n) is 18.5. The Morgan fingerprint density at radius 1 is 1.39 bits per heavy atom. The van der Waals surface area contributed by atoms with Crippen LogP contribution in [-0.2, 0) is 41.3 Å². The van der Waals surface area contributed by atoms with E-state index in [1.54, 1.807) is 11.7 Å². The highest BCUT2D eigenvalue weighted by Gasteiger charge is 2.34. The Morgan fingerprint density at radius 3 is 2.68 bits per heavy atom. The van der Waals surface area contributed by atoms with Gasteiger partial charge < -0.3 is 4.74 Å². The van der Waals surface area contributed by atoms with Crippen LogP contribution in [0, 0.1) is 12.8 Å². The second-order valence-corrected chi connectivity index (χ2v) is 11.6. The number of sulfonamides is 1. The molecule has 1 N–H and O–H groups in total.